The number of oxime groups is 1. The monoisotopic (exact) mass is 478 g/mol. The van der Waals surface area contributed by atoms with Crippen LogP contribution in [0.25, 0.3) is 0 Å². The van der Waals surface area contributed by atoms with E-state index < -0.39 is 11.7 Å². The molecule has 4 nitrogen and oxygen atoms in total. The molecule has 2 aromatic carbocycles. The van der Waals surface area contributed by atoms with Crippen molar-refractivity contribution >= 4 is 34.6 Å². The number of alkyl halides is 3. The zero-order valence-corrected chi connectivity index (χ0v) is 18.3. The van der Waals surface area contributed by atoms with Crippen molar-refractivity contribution in [2.75, 3.05) is 6.54 Å². The molecule has 1 aliphatic rings. The highest BCUT2D eigenvalue weighted by Gasteiger charge is 2.31. The second kappa shape index (κ2) is 9.34. The van der Waals surface area contributed by atoms with Gasteiger partial charge in [-0.05, 0) is 46.8 Å². The maximum atomic E-state index is 13.1. The lowest BCUT2D eigenvalue weighted by atomic mass is 10.0. The summed E-state index contributed by atoms with van der Waals surface area (Å²) in [4.78, 5) is 20.8. The van der Waals surface area contributed by atoms with Gasteiger partial charge in [0.05, 0.1) is 22.7 Å². The smallest absolute Gasteiger partial charge is 0.390 e. The Morgan fingerprint density at radius 1 is 1.12 bits per heavy atom. The van der Waals surface area contributed by atoms with Crippen LogP contribution in [0, 0.1) is 0 Å². The van der Waals surface area contributed by atoms with E-state index in [0.717, 1.165) is 23.4 Å². The first-order valence-corrected chi connectivity index (χ1v) is 11.0. The van der Waals surface area contributed by atoms with Gasteiger partial charge in [-0.1, -0.05) is 47.1 Å². The van der Waals surface area contributed by atoms with E-state index in [4.69, 9.17) is 16.4 Å². The minimum atomic E-state index is -4.40. The topological polar surface area (TPSA) is 41.9 Å². The first kappa shape index (κ1) is 22.4. The number of rotatable bonds is 6. The molecule has 0 saturated carbocycles. The average molecular weight is 479 g/mol. The summed E-state index contributed by atoms with van der Waals surface area (Å²) in [6.45, 7) is 0.406. The van der Waals surface area contributed by atoms with E-state index in [1.807, 2.05) is 12.1 Å². The Morgan fingerprint density at radius 3 is 2.47 bits per heavy atom. The van der Waals surface area contributed by atoms with E-state index >= 15 is 0 Å². The molecule has 0 radical (unpaired) electrons. The quantitative estimate of drug-likeness (QED) is 0.420. The van der Waals surface area contributed by atoms with Crippen molar-refractivity contribution in [1.29, 1.82) is 0 Å². The summed E-state index contributed by atoms with van der Waals surface area (Å²) in [5.41, 5.74) is 1.51. The molecule has 1 aromatic heterocycles. The number of hydrogen-bond acceptors (Lipinski definition) is 4. The summed E-state index contributed by atoms with van der Waals surface area (Å²) in [5.74, 6) is -0.205. The molecule has 4 rings (SSSR count). The zero-order valence-electron chi connectivity index (χ0n) is 16.7. The van der Waals surface area contributed by atoms with E-state index in [2.05, 4.69) is 5.16 Å². The summed E-state index contributed by atoms with van der Waals surface area (Å²) in [5, 5.41) is 6.57. The van der Waals surface area contributed by atoms with Crippen LogP contribution in [0.4, 0.5) is 13.2 Å². The van der Waals surface area contributed by atoms with E-state index in [-0.39, 0.29) is 25.1 Å². The number of amides is 1. The molecule has 1 atom stereocenters. The summed E-state index contributed by atoms with van der Waals surface area (Å²) in [6.07, 6.45) is -4.26. The fraction of sp³-hybridized carbons (Fsp3) is 0.217. The van der Waals surface area contributed by atoms with Gasteiger partial charge in [0.15, 0.2) is 6.10 Å². The van der Waals surface area contributed by atoms with Crippen LogP contribution in [0.5, 0.6) is 0 Å². The Kier molecular flexibility index (Phi) is 6.53. The first-order valence-electron chi connectivity index (χ1n) is 9.77. The average Bonchev–Trinajstić information content (AvgIpc) is 3.46. The lowest BCUT2D eigenvalue weighted by Crippen LogP contribution is -2.37. The third-order valence-electron chi connectivity index (χ3n) is 5.01. The predicted octanol–water partition coefficient (Wildman–Crippen LogP) is 6.26. The van der Waals surface area contributed by atoms with E-state index in [9.17, 15) is 18.0 Å². The van der Waals surface area contributed by atoms with Crippen molar-refractivity contribution in [3.63, 3.8) is 0 Å². The van der Waals surface area contributed by atoms with Gasteiger partial charge in [-0.15, -0.1) is 11.3 Å². The third kappa shape index (κ3) is 5.31. The van der Waals surface area contributed by atoms with Crippen molar-refractivity contribution in [2.45, 2.75) is 25.2 Å². The van der Waals surface area contributed by atoms with Crippen molar-refractivity contribution in [3.8, 4) is 0 Å². The molecule has 0 bridgehead atoms. The molecular formula is C23H18ClF3N2O2S. The van der Waals surface area contributed by atoms with Gasteiger partial charge in [0.2, 0.25) is 0 Å². The van der Waals surface area contributed by atoms with Gasteiger partial charge in [-0.3, -0.25) is 4.79 Å². The second-order valence-corrected chi connectivity index (χ2v) is 8.72. The number of thiophene rings is 1. The van der Waals surface area contributed by atoms with Crippen LogP contribution in [0.15, 0.2) is 71.2 Å². The van der Waals surface area contributed by atoms with Crippen molar-refractivity contribution in [2.24, 2.45) is 5.16 Å². The molecule has 0 spiro atoms. The molecule has 166 valence electrons. The van der Waals surface area contributed by atoms with Gasteiger partial charge < -0.3 is 9.74 Å². The van der Waals surface area contributed by atoms with E-state index in [1.54, 1.807) is 34.5 Å². The van der Waals surface area contributed by atoms with Crippen molar-refractivity contribution in [3.05, 3.63) is 92.6 Å². The molecule has 0 aliphatic carbocycles. The first-order chi connectivity index (χ1) is 15.3. The number of hydrogen-bond donors (Lipinski definition) is 0. The van der Waals surface area contributed by atoms with Gasteiger partial charge in [-0.2, -0.15) is 13.2 Å². The van der Waals surface area contributed by atoms with Gasteiger partial charge in [0.1, 0.15) is 0 Å². The second-order valence-electron chi connectivity index (χ2n) is 7.33. The fourth-order valence-electron chi connectivity index (χ4n) is 3.38. The predicted molar refractivity (Wildman–Crippen MR) is 118 cm³/mol. The van der Waals surface area contributed by atoms with Crippen LogP contribution >= 0.6 is 22.9 Å². The van der Waals surface area contributed by atoms with Crippen molar-refractivity contribution < 1.29 is 22.8 Å². The minimum Gasteiger partial charge on any atom is -0.390 e. The minimum absolute atomic E-state index is 0.158. The Hall–Kier alpha value is -2.84. The normalized spacial score (nSPS) is 15.9. The summed E-state index contributed by atoms with van der Waals surface area (Å²) in [6, 6.07) is 15.6. The lowest BCUT2D eigenvalue weighted by molar-refractivity contribution is -0.137. The highest BCUT2D eigenvalue weighted by molar-refractivity contribution is 7.12. The molecule has 0 unspecified atom stereocenters. The Balaban J connectivity index is 1.48. The molecule has 3 aromatic rings. The largest absolute Gasteiger partial charge is 0.416 e. The molecule has 0 N–H and O–H groups in total. The van der Waals surface area contributed by atoms with Crippen LogP contribution in [-0.4, -0.2) is 29.2 Å². The Morgan fingerprint density at radius 2 is 1.84 bits per heavy atom. The molecule has 2 heterocycles. The number of carbonyl (C=O) groups is 1. The molecule has 1 aliphatic heterocycles. The SMILES string of the molecule is O=C(c1cccs1)N(Cc1ccc(C(F)(F)F)cc1)C[C@@H]1CC(c2ccc(Cl)cc2)=NO1. The molecule has 32 heavy (non-hydrogen) atoms. The molecule has 0 fully saturated rings. The zero-order chi connectivity index (χ0) is 22.7. The molecular weight excluding hydrogens is 461 g/mol. The van der Waals surface area contributed by atoms with E-state index in [0.29, 0.717) is 21.9 Å². The molecule has 1 amide bonds. The standard InChI is InChI=1S/C23H18ClF3N2O2S/c24-18-9-5-16(6-10-18)20-12-19(31-28-20)14-29(22(30)21-2-1-11-32-21)13-15-3-7-17(8-4-15)23(25,26)27/h1-11,19H,12-14H2/t19-/m0/s1. The van der Waals surface area contributed by atoms with Crippen LogP contribution in [0.3, 0.4) is 0 Å². The lowest BCUT2D eigenvalue weighted by Gasteiger charge is -2.24. The fourth-order valence-corrected chi connectivity index (χ4v) is 4.20. The summed E-state index contributed by atoms with van der Waals surface area (Å²) >= 11 is 7.25. The van der Waals surface area contributed by atoms with Gasteiger partial charge in [-0.25, -0.2) is 0 Å². The van der Waals surface area contributed by atoms with E-state index in [1.165, 1.54) is 23.5 Å². The van der Waals surface area contributed by atoms with Crippen molar-refractivity contribution in [1.82, 2.24) is 4.90 Å². The highest BCUT2D eigenvalue weighted by Crippen LogP contribution is 2.29. The number of nitrogens with zero attached hydrogens (tertiary/aromatic N) is 2. The van der Waals surface area contributed by atoms with Crippen LogP contribution in [0.2, 0.25) is 5.02 Å². The maximum Gasteiger partial charge on any atom is 0.416 e. The van der Waals surface area contributed by atoms with Gasteiger partial charge >= 0.3 is 6.18 Å². The highest BCUT2D eigenvalue weighted by atomic mass is 35.5. The Bertz CT molecular complexity index is 1100. The summed E-state index contributed by atoms with van der Waals surface area (Å²) in [7, 11) is 0. The summed E-state index contributed by atoms with van der Waals surface area (Å²) < 4.78 is 38.6. The number of benzene rings is 2. The number of halogens is 4. The number of carbonyl (C=O) groups excluding carboxylic acids is 1. The van der Waals surface area contributed by atoms with Crippen LogP contribution in [-0.2, 0) is 17.6 Å². The van der Waals surface area contributed by atoms with Crippen LogP contribution < -0.4 is 0 Å². The molecule has 9 heteroatoms. The molecule has 0 saturated heterocycles. The van der Waals surface area contributed by atoms with Crippen LogP contribution in [0.1, 0.15) is 32.8 Å². The van der Waals surface area contributed by atoms with Gasteiger partial charge in [0, 0.05) is 18.0 Å². The van der Waals surface area contributed by atoms with Gasteiger partial charge in [0.25, 0.3) is 5.91 Å². The Labute approximate surface area is 191 Å². The maximum absolute atomic E-state index is 13.1. The third-order valence-corrected chi connectivity index (χ3v) is 6.12.